The summed E-state index contributed by atoms with van der Waals surface area (Å²) in [4.78, 5) is 22.9. The van der Waals surface area contributed by atoms with Crippen LogP contribution in [0.1, 0.15) is 43.9 Å². The zero-order chi connectivity index (χ0) is 19.0. The molecule has 5 nitrogen and oxygen atoms in total. The van der Waals surface area contributed by atoms with Crippen LogP contribution < -0.4 is 0 Å². The third-order valence-electron chi connectivity index (χ3n) is 4.49. The van der Waals surface area contributed by atoms with Crippen LogP contribution in [0.2, 0.25) is 0 Å². The van der Waals surface area contributed by atoms with E-state index in [1.165, 1.54) is 6.92 Å². The van der Waals surface area contributed by atoms with Crippen molar-refractivity contribution >= 4 is 22.8 Å². The molecule has 0 saturated carbocycles. The van der Waals surface area contributed by atoms with Crippen molar-refractivity contribution in [1.82, 2.24) is 0 Å². The Bertz CT molecular complexity index is 626. The Morgan fingerprint density at radius 3 is 2.48 bits per heavy atom. The van der Waals surface area contributed by atoms with Gasteiger partial charge in [0.1, 0.15) is 5.78 Å². The first-order chi connectivity index (χ1) is 11.7. The molecule has 0 fully saturated rings. The highest BCUT2D eigenvalue weighted by Gasteiger charge is 2.22. The summed E-state index contributed by atoms with van der Waals surface area (Å²) in [7, 11) is 0. The zero-order valence-corrected chi connectivity index (χ0v) is 16.2. The Balaban J connectivity index is 2.74. The summed E-state index contributed by atoms with van der Waals surface area (Å²) in [5.41, 5.74) is 3.11. The SMILES string of the molecule is CC(=O)OCCC(C)C(Cc1ccc(CCS(=O)[O-])c(C)c1)C(C)=O. The number of Topliss-reactive ketones (excluding diaryl/α,β-unsaturated/α-hetero) is 1. The second kappa shape index (κ2) is 10.5. The van der Waals surface area contributed by atoms with Gasteiger partial charge in [0.25, 0.3) is 0 Å². The van der Waals surface area contributed by atoms with Crippen LogP contribution in [0.3, 0.4) is 0 Å². The van der Waals surface area contributed by atoms with Gasteiger partial charge in [0.05, 0.1) is 6.61 Å². The number of ether oxygens (including phenoxy) is 1. The van der Waals surface area contributed by atoms with E-state index in [1.54, 1.807) is 6.92 Å². The molecule has 0 amide bonds. The first-order valence-corrected chi connectivity index (χ1v) is 9.73. The Labute approximate surface area is 152 Å². The maximum atomic E-state index is 12.0. The van der Waals surface area contributed by atoms with Crippen LogP contribution in [-0.2, 0) is 38.2 Å². The number of rotatable bonds is 10. The minimum Gasteiger partial charge on any atom is -0.772 e. The highest BCUT2D eigenvalue weighted by Crippen LogP contribution is 2.23. The molecule has 0 bridgehead atoms. The van der Waals surface area contributed by atoms with Crippen molar-refractivity contribution in [3.05, 3.63) is 34.9 Å². The van der Waals surface area contributed by atoms with Gasteiger partial charge in [-0.1, -0.05) is 36.2 Å². The molecule has 0 aromatic heterocycles. The molecule has 0 N–H and O–H groups in total. The van der Waals surface area contributed by atoms with Gasteiger partial charge in [-0.3, -0.25) is 13.8 Å². The predicted molar refractivity (Wildman–Crippen MR) is 97.0 cm³/mol. The van der Waals surface area contributed by atoms with Crippen LogP contribution in [0.15, 0.2) is 18.2 Å². The monoisotopic (exact) mass is 367 g/mol. The molecule has 140 valence electrons. The summed E-state index contributed by atoms with van der Waals surface area (Å²) in [6, 6.07) is 5.93. The van der Waals surface area contributed by atoms with E-state index in [9.17, 15) is 18.4 Å². The van der Waals surface area contributed by atoms with Crippen LogP contribution in [0.5, 0.6) is 0 Å². The van der Waals surface area contributed by atoms with E-state index in [2.05, 4.69) is 0 Å². The van der Waals surface area contributed by atoms with Gasteiger partial charge in [-0.25, -0.2) is 0 Å². The van der Waals surface area contributed by atoms with Crippen molar-refractivity contribution in [2.45, 2.75) is 47.0 Å². The summed E-state index contributed by atoms with van der Waals surface area (Å²) >= 11 is -2.04. The smallest absolute Gasteiger partial charge is 0.302 e. The molecule has 6 heteroatoms. The summed E-state index contributed by atoms with van der Waals surface area (Å²) in [5, 5.41) is 0. The van der Waals surface area contributed by atoms with Crippen molar-refractivity contribution in [2.24, 2.45) is 11.8 Å². The van der Waals surface area contributed by atoms with Gasteiger partial charge >= 0.3 is 5.97 Å². The van der Waals surface area contributed by atoms with E-state index in [0.29, 0.717) is 25.9 Å². The van der Waals surface area contributed by atoms with Gasteiger partial charge in [0.2, 0.25) is 0 Å². The number of benzene rings is 1. The zero-order valence-electron chi connectivity index (χ0n) is 15.4. The Morgan fingerprint density at radius 1 is 1.28 bits per heavy atom. The lowest BCUT2D eigenvalue weighted by atomic mass is 9.83. The minimum absolute atomic E-state index is 0.111. The quantitative estimate of drug-likeness (QED) is 0.469. The third-order valence-corrected chi connectivity index (χ3v) is 5.03. The van der Waals surface area contributed by atoms with Gasteiger partial charge in [-0.05, 0) is 55.7 Å². The Kier molecular flexibility index (Phi) is 9.00. The number of esters is 1. The van der Waals surface area contributed by atoms with Crippen molar-refractivity contribution in [1.29, 1.82) is 0 Å². The molecular formula is C19H27O5S-. The van der Waals surface area contributed by atoms with Crippen LogP contribution in [0, 0.1) is 18.8 Å². The maximum Gasteiger partial charge on any atom is 0.302 e. The normalized spacial score (nSPS) is 14.6. The second-order valence-corrected chi connectivity index (χ2v) is 7.56. The molecule has 1 rings (SSSR count). The minimum atomic E-state index is -2.04. The fraction of sp³-hybridized carbons (Fsp3) is 0.579. The molecule has 3 atom stereocenters. The fourth-order valence-corrected chi connectivity index (χ4v) is 3.33. The molecule has 1 aromatic rings. The van der Waals surface area contributed by atoms with Gasteiger partial charge in [-0.2, -0.15) is 0 Å². The predicted octanol–water partition coefficient (Wildman–Crippen LogP) is 2.75. The molecule has 0 aliphatic carbocycles. The van der Waals surface area contributed by atoms with Gasteiger partial charge < -0.3 is 9.29 Å². The van der Waals surface area contributed by atoms with E-state index < -0.39 is 11.1 Å². The highest BCUT2D eigenvalue weighted by molar-refractivity contribution is 7.79. The number of aryl methyl sites for hydroxylation is 2. The molecule has 0 aliphatic rings. The van der Waals surface area contributed by atoms with E-state index in [0.717, 1.165) is 16.7 Å². The average molecular weight is 367 g/mol. The number of hydrogen-bond donors (Lipinski definition) is 0. The van der Waals surface area contributed by atoms with Crippen LogP contribution in [0.4, 0.5) is 0 Å². The molecule has 0 spiro atoms. The van der Waals surface area contributed by atoms with Gasteiger partial charge in [-0.15, -0.1) is 0 Å². The van der Waals surface area contributed by atoms with E-state index in [4.69, 9.17) is 4.74 Å². The summed E-state index contributed by atoms with van der Waals surface area (Å²) in [5.74, 6) is -0.0889. The molecule has 0 aliphatic heterocycles. The summed E-state index contributed by atoms with van der Waals surface area (Å²) in [6.07, 6.45) is 1.78. The van der Waals surface area contributed by atoms with Crippen molar-refractivity contribution in [3.63, 3.8) is 0 Å². The first kappa shape index (κ1) is 21.5. The standard InChI is InChI=1S/C19H28O5S/c1-13(7-9-24-16(4)21)19(15(3)20)12-17-5-6-18(14(2)11-17)8-10-25(22)23/h5-6,11,13,19H,7-10,12H2,1-4H3,(H,22,23)/p-1. The topological polar surface area (TPSA) is 83.5 Å². The maximum absolute atomic E-state index is 12.0. The molecule has 0 heterocycles. The second-order valence-electron chi connectivity index (χ2n) is 6.55. The molecule has 3 unspecified atom stereocenters. The van der Waals surface area contributed by atoms with Crippen molar-refractivity contribution in [2.75, 3.05) is 12.4 Å². The van der Waals surface area contributed by atoms with E-state index in [1.807, 2.05) is 32.0 Å². The van der Waals surface area contributed by atoms with Gasteiger partial charge in [0.15, 0.2) is 0 Å². The van der Waals surface area contributed by atoms with E-state index in [-0.39, 0.29) is 29.3 Å². The molecule has 0 saturated heterocycles. The lowest BCUT2D eigenvalue weighted by Gasteiger charge is -2.22. The number of carbonyl (C=O) groups excluding carboxylic acids is 2. The number of hydrogen-bond acceptors (Lipinski definition) is 5. The fourth-order valence-electron chi connectivity index (χ4n) is 2.95. The average Bonchev–Trinajstić information content (AvgIpc) is 2.50. The van der Waals surface area contributed by atoms with Crippen LogP contribution >= 0.6 is 0 Å². The number of ketones is 1. The largest absolute Gasteiger partial charge is 0.772 e. The molecular weight excluding hydrogens is 340 g/mol. The molecule has 0 radical (unpaired) electrons. The summed E-state index contributed by atoms with van der Waals surface area (Å²) < 4.78 is 26.4. The van der Waals surface area contributed by atoms with E-state index >= 15 is 0 Å². The Morgan fingerprint density at radius 2 is 1.96 bits per heavy atom. The highest BCUT2D eigenvalue weighted by atomic mass is 32.2. The molecule has 25 heavy (non-hydrogen) atoms. The number of carbonyl (C=O) groups is 2. The Hall–Kier alpha value is -1.53. The third kappa shape index (κ3) is 7.92. The first-order valence-electron chi connectivity index (χ1n) is 8.48. The van der Waals surface area contributed by atoms with Crippen molar-refractivity contribution in [3.8, 4) is 0 Å². The van der Waals surface area contributed by atoms with Crippen LogP contribution in [0.25, 0.3) is 0 Å². The molecule has 1 aromatic carbocycles. The lowest BCUT2D eigenvalue weighted by molar-refractivity contribution is -0.141. The van der Waals surface area contributed by atoms with Crippen molar-refractivity contribution < 1.29 is 23.1 Å². The van der Waals surface area contributed by atoms with Crippen LogP contribution in [-0.4, -0.2) is 32.9 Å². The van der Waals surface area contributed by atoms with Gasteiger partial charge in [0, 0.05) is 18.6 Å². The lowest BCUT2D eigenvalue weighted by Crippen LogP contribution is -2.23. The summed E-state index contributed by atoms with van der Waals surface area (Å²) in [6.45, 7) is 7.25.